The highest BCUT2D eigenvalue weighted by Gasteiger charge is 2.11. The second kappa shape index (κ2) is 27.6. The Hall–Kier alpha value is -1.18. The summed E-state index contributed by atoms with van der Waals surface area (Å²) in [7, 11) is 0. The molecule has 0 saturated carbocycles. The van der Waals surface area contributed by atoms with Crippen LogP contribution in [0, 0.1) is 10.8 Å². The Morgan fingerprint density at radius 3 is 1.12 bits per heavy atom. The highest BCUT2D eigenvalue weighted by Crippen LogP contribution is 2.20. The summed E-state index contributed by atoms with van der Waals surface area (Å²) in [4.78, 5) is 4.32. The first-order valence-electron chi connectivity index (χ1n) is 15.0. The Bertz CT molecular complexity index is 622. The maximum absolute atomic E-state index is 5.55. The predicted octanol–water partition coefficient (Wildman–Crippen LogP) is 3.77. The van der Waals surface area contributed by atoms with Crippen LogP contribution in [0.15, 0.2) is 10.1 Å². The number of nitrogens with zero attached hydrogens (tertiary/aromatic N) is 2. The van der Waals surface area contributed by atoms with Gasteiger partial charge in [-0.3, -0.25) is 4.99 Å². The van der Waals surface area contributed by atoms with Gasteiger partial charge in [-0.2, -0.15) is 5.10 Å². The van der Waals surface area contributed by atoms with Crippen molar-refractivity contribution < 1.29 is 37.9 Å². The molecule has 0 spiro atoms. The second-order valence-corrected chi connectivity index (χ2v) is 11.9. The molecule has 0 fully saturated rings. The fourth-order valence-corrected chi connectivity index (χ4v) is 2.97. The zero-order chi connectivity index (χ0) is 30.5. The van der Waals surface area contributed by atoms with Crippen LogP contribution < -0.4 is 5.84 Å². The lowest BCUT2D eigenvalue weighted by Gasteiger charge is -2.17. The molecule has 0 aliphatic rings. The van der Waals surface area contributed by atoms with Crippen molar-refractivity contribution in [2.45, 2.75) is 60.8 Å². The average Bonchev–Trinajstić information content (AvgIpc) is 2.90. The lowest BCUT2D eigenvalue weighted by atomic mass is 9.89. The molecule has 0 aliphatic heterocycles. The number of ether oxygens (including phenoxy) is 8. The molecule has 0 amide bonds. The fraction of sp³-hybridized carbons (Fsp3) is 0.933. The first-order chi connectivity index (χ1) is 19.6. The molecule has 0 aromatic heterocycles. The molecule has 2 N–H and O–H groups in total. The van der Waals surface area contributed by atoms with Crippen molar-refractivity contribution in [1.82, 2.24) is 0 Å². The third-order valence-corrected chi connectivity index (χ3v) is 5.50. The Labute approximate surface area is 249 Å². The predicted molar refractivity (Wildman–Crippen MR) is 164 cm³/mol. The zero-order valence-corrected chi connectivity index (χ0v) is 27.0. The second-order valence-electron chi connectivity index (χ2n) is 11.9. The molecule has 0 rings (SSSR count). The van der Waals surface area contributed by atoms with Crippen LogP contribution in [0.4, 0.5) is 0 Å². The lowest BCUT2D eigenvalue weighted by Crippen LogP contribution is -2.15. The summed E-state index contributed by atoms with van der Waals surface area (Å²) in [6.07, 6.45) is 4.62. The third kappa shape index (κ3) is 34.9. The topological polar surface area (TPSA) is 125 Å². The van der Waals surface area contributed by atoms with Gasteiger partial charge < -0.3 is 43.7 Å². The quantitative estimate of drug-likeness (QED) is 0.0599. The van der Waals surface area contributed by atoms with E-state index in [0.29, 0.717) is 111 Å². The number of hydrogen-bond donors (Lipinski definition) is 1. The highest BCUT2D eigenvalue weighted by atomic mass is 16.6. The van der Waals surface area contributed by atoms with Crippen molar-refractivity contribution >= 4 is 11.9 Å². The molecule has 11 nitrogen and oxygen atoms in total. The monoisotopic (exact) mass is 591 g/mol. The fourth-order valence-electron chi connectivity index (χ4n) is 2.97. The van der Waals surface area contributed by atoms with Crippen LogP contribution in [0.5, 0.6) is 0 Å². The van der Waals surface area contributed by atoms with Gasteiger partial charge in [0.05, 0.1) is 111 Å². The molecule has 0 heterocycles. The van der Waals surface area contributed by atoms with E-state index in [1.165, 1.54) is 0 Å². The van der Waals surface area contributed by atoms with Crippen LogP contribution in [0.25, 0.3) is 0 Å². The summed E-state index contributed by atoms with van der Waals surface area (Å²) in [5, 5.41) is 3.80. The summed E-state index contributed by atoms with van der Waals surface area (Å²) in [5.74, 6) is 5.43. The van der Waals surface area contributed by atoms with Crippen molar-refractivity contribution in [3.05, 3.63) is 0 Å². The van der Waals surface area contributed by atoms with Crippen LogP contribution in [0.2, 0.25) is 0 Å². The molecular weight excluding hydrogens is 530 g/mol. The Morgan fingerprint density at radius 2 is 0.805 bits per heavy atom. The van der Waals surface area contributed by atoms with Crippen molar-refractivity contribution in [3.8, 4) is 0 Å². The van der Waals surface area contributed by atoms with Gasteiger partial charge in [0.1, 0.15) is 0 Å². The van der Waals surface area contributed by atoms with Gasteiger partial charge in [0.15, 0.2) is 0 Å². The first-order valence-corrected chi connectivity index (χ1v) is 15.0. The molecule has 0 radical (unpaired) electrons. The van der Waals surface area contributed by atoms with Gasteiger partial charge in [-0.05, 0) is 30.1 Å². The van der Waals surface area contributed by atoms with Gasteiger partial charge in [0.2, 0.25) is 0 Å². The van der Waals surface area contributed by atoms with E-state index in [-0.39, 0.29) is 5.41 Å². The molecule has 0 bridgehead atoms. The Kier molecular flexibility index (Phi) is 26.8. The van der Waals surface area contributed by atoms with Crippen LogP contribution in [0.1, 0.15) is 60.8 Å². The van der Waals surface area contributed by atoms with E-state index in [4.69, 9.17) is 43.7 Å². The molecule has 11 heteroatoms. The minimum atomic E-state index is 0.247. The van der Waals surface area contributed by atoms with Crippen molar-refractivity contribution in [3.63, 3.8) is 0 Å². The van der Waals surface area contributed by atoms with Gasteiger partial charge in [-0.25, -0.2) is 0 Å². The zero-order valence-electron chi connectivity index (χ0n) is 27.0. The molecule has 0 saturated heterocycles. The number of hydrogen-bond acceptors (Lipinski definition) is 11. The summed E-state index contributed by atoms with van der Waals surface area (Å²) in [5.41, 5.74) is 1.36. The number of nitrogens with two attached hydrogens (primary N) is 1. The maximum Gasteiger partial charge on any atom is 0.0778 e. The van der Waals surface area contributed by atoms with Gasteiger partial charge in [-0.15, -0.1) is 0 Å². The van der Waals surface area contributed by atoms with Gasteiger partial charge in [0, 0.05) is 12.8 Å². The maximum atomic E-state index is 5.55. The van der Waals surface area contributed by atoms with E-state index in [1.54, 1.807) is 6.21 Å². The van der Waals surface area contributed by atoms with Gasteiger partial charge in [-0.1, -0.05) is 41.5 Å². The Balaban J connectivity index is 3.22. The van der Waals surface area contributed by atoms with E-state index < -0.39 is 0 Å². The van der Waals surface area contributed by atoms with Crippen LogP contribution in [-0.2, 0) is 37.9 Å². The van der Waals surface area contributed by atoms with Crippen molar-refractivity contribution in [1.29, 1.82) is 0 Å². The van der Waals surface area contributed by atoms with E-state index in [2.05, 4.69) is 51.6 Å². The van der Waals surface area contributed by atoms with E-state index in [1.807, 2.05) is 0 Å². The number of rotatable bonds is 29. The SMILES string of the molecule is CC(C)(C)CCOCCOCCOCCOCCOCCOCCOCCOCCN=CC(CCC(C)(C)C)=NN. The van der Waals surface area contributed by atoms with Crippen LogP contribution in [0.3, 0.4) is 0 Å². The largest absolute Gasteiger partial charge is 0.379 e. The number of hydrazone groups is 1. The first kappa shape index (κ1) is 39.8. The molecule has 0 aromatic rings. The molecule has 0 unspecified atom stereocenters. The summed E-state index contributed by atoms with van der Waals surface area (Å²) in [6, 6.07) is 0. The van der Waals surface area contributed by atoms with Crippen molar-refractivity contribution in [2.75, 3.05) is 112 Å². The van der Waals surface area contributed by atoms with Crippen LogP contribution in [-0.4, -0.2) is 124 Å². The number of aliphatic imine (C=N–C) groups is 1. The minimum Gasteiger partial charge on any atom is -0.379 e. The molecular formula is C30H61N3O8. The summed E-state index contributed by atoms with van der Waals surface area (Å²) < 4.78 is 44.0. The highest BCUT2D eigenvalue weighted by molar-refractivity contribution is 6.30. The smallest absolute Gasteiger partial charge is 0.0778 e. The van der Waals surface area contributed by atoms with Crippen molar-refractivity contribution in [2.24, 2.45) is 26.8 Å². The molecule has 0 aliphatic carbocycles. The third-order valence-electron chi connectivity index (χ3n) is 5.50. The molecule has 0 atom stereocenters. The van der Waals surface area contributed by atoms with Crippen LogP contribution >= 0.6 is 0 Å². The molecule has 0 aromatic carbocycles. The van der Waals surface area contributed by atoms with Gasteiger partial charge >= 0.3 is 0 Å². The van der Waals surface area contributed by atoms with E-state index in [0.717, 1.165) is 31.6 Å². The molecule has 244 valence electrons. The lowest BCUT2D eigenvalue weighted by molar-refractivity contribution is -0.0233. The Morgan fingerprint density at radius 1 is 0.488 bits per heavy atom. The molecule has 41 heavy (non-hydrogen) atoms. The van der Waals surface area contributed by atoms with E-state index in [9.17, 15) is 0 Å². The summed E-state index contributed by atoms with van der Waals surface area (Å²) in [6.45, 7) is 22.7. The average molecular weight is 592 g/mol. The summed E-state index contributed by atoms with van der Waals surface area (Å²) >= 11 is 0. The standard InChI is InChI=1S/C30H61N3O8/c1-29(2,3)8-7-28(33-31)27-32-10-12-35-14-16-37-18-20-39-22-24-41-26-25-40-23-21-38-19-17-36-15-13-34-11-9-30(4,5)6/h27H,7-26,31H2,1-6H3. The minimum absolute atomic E-state index is 0.247. The normalized spacial score (nSPS) is 13.1. The van der Waals surface area contributed by atoms with Gasteiger partial charge in [0.25, 0.3) is 0 Å². The van der Waals surface area contributed by atoms with E-state index >= 15 is 0 Å².